The van der Waals surface area contributed by atoms with Crippen LogP contribution >= 0.6 is 0 Å². The molecule has 2 aromatic rings. The summed E-state index contributed by atoms with van der Waals surface area (Å²) in [5.41, 5.74) is 1.31. The third-order valence-corrected chi connectivity index (χ3v) is 3.04. The van der Waals surface area contributed by atoms with E-state index in [1.807, 2.05) is 30.3 Å². The molecule has 0 aliphatic heterocycles. The number of hydrogen-bond donors (Lipinski definition) is 1. The smallest absolute Gasteiger partial charge is 0.257 e. The van der Waals surface area contributed by atoms with Gasteiger partial charge in [-0.25, -0.2) is 0 Å². The number of carbonyl (C=O) groups is 1. The van der Waals surface area contributed by atoms with E-state index in [0.717, 1.165) is 5.56 Å². The SMILES string of the molecule is COc1ccc(C(=O)N(C)Cc2ccccc2)c(O)c1. The Morgan fingerprint density at radius 1 is 1.20 bits per heavy atom. The number of phenols is 1. The van der Waals surface area contributed by atoms with Gasteiger partial charge in [-0.3, -0.25) is 4.79 Å². The van der Waals surface area contributed by atoms with Crippen LogP contribution in [0.15, 0.2) is 48.5 Å². The molecule has 0 bridgehead atoms. The summed E-state index contributed by atoms with van der Waals surface area (Å²) in [7, 11) is 3.22. The Morgan fingerprint density at radius 3 is 2.50 bits per heavy atom. The summed E-state index contributed by atoms with van der Waals surface area (Å²) >= 11 is 0. The predicted molar refractivity (Wildman–Crippen MR) is 76.9 cm³/mol. The topological polar surface area (TPSA) is 49.8 Å². The zero-order valence-electron chi connectivity index (χ0n) is 11.5. The molecule has 4 heteroatoms. The largest absolute Gasteiger partial charge is 0.507 e. The zero-order valence-corrected chi connectivity index (χ0v) is 11.5. The van der Waals surface area contributed by atoms with Crippen LogP contribution in [0, 0.1) is 0 Å². The van der Waals surface area contributed by atoms with Crippen molar-refractivity contribution in [2.45, 2.75) is 6.54 Å². The molecule has 0 unspecified atom stereocenters. The quantitative estimate of drug-likeness (QED) is 0.930. The van der Waals surface area contributed by atoms with Crippen LogP contribution in [0.5, 0.6) is 11.5 Å². The van der Waals surface area contributed by atoms with Crippen molar-refractivity contribution in [1.82, 2.24) is 4.90 Å². The van der Waals surface area contributed by atoms with Gasteiger partial charge in [0.15, 0.2) is 0 Å². The van der Waals surface area contributed by atoms with Gasteiger partial charge in [0, 0.05) is 19.7 Å². The van der Waals surface area contributed by atoms with Crippen LogP contribution in [0.25, 0.3) is 0 Å². The molecular weight excluding hydrogens is 254 g/mol. The lowest BCUT2D eigenvalue weighted by Gasteiger charge is -2.18. The molecule has 0 spiro atoms. The summed E-state index contributed by atoms with van der Waals surface area (Å²) in [5, 5.41) is 9.88. The number of nitrogens with zero attached hydrogens (tertiary/aromatic N) is 1. The molecule has 4 nitrogen and oxygen atoms in total. The highest BCUT2D eigenvalue weighted by atomic mass is 16.5. The van der Waals surface area contributed by atoms with Crippen LogP contribution in [-0.4, -0.2) is 30.1 Å². The van der Waals surface area contributed by atoms with E-state index in [-0.39, 0.29) is 17.2 Å². The Hall–Kier alpha value is -2.49. The molecule has 2 rings (SSSR count). The summed E-state index contributed by atoms with van der Waals surface area (Å²) in [6, 6.07) is 14.4. The van der Waals surface area contributed by atoms with E-state index in [0.29, 0.717) is 12.3 Å². The van der Waals surface area contributed by atoms with Gasteiger partial charge in [0.05, 0.1) is 12.7 Å². The van der Waals surface area contributed by atoms with Crippen molar-refractivity contribution in [3.05, 3.63) is 59.7 Å². The molecule has 0 radical (unpaired) electrons. The maximum atomic E-state index is 12.3. The van der Waals surface area contributed by atoms with E-state index >= 15 is 0 Å². The van der Waals surface area contributed by atoms with Crippen LogP contribution in [-0.2, 0) is 6.54 Å². The van der Waals surface area contributed by atoms with Gasteiger partial charge in [-0.1, -0.05) is 30.3 Å². The number of amides is 1. The molecule has 0 aromatic heterocycles. The summed E-state index contributed by atoms with van der Waals surface area (Å²) in [6.45, 7) is 0.491. The van der Waals surface area contributed by atoms with Crippen LogP contribution in [0.4, 0.5) is 0 Å². The van der Waals surface area contributed by atoms with Crippen LogP contribution in [0.1, 0.15) is 15.9 Å². The molecule has 0 saturated carbocycles. The normalized spacial score (nSPS) is 10.1. The number of hydrogen-bond acceptors (Lipinski definition) is 3. The van der Waals surface area contributed by atoms with Gasteiger partial charge in [-0.15, -0.1) is 0 Å². The van der Waals surface area contributed by atoms with Gasteiger partial charge < -0.3 is 14.7 Å². The Balaban J connectivity index is 2.14. The Morgan fingerprint density at radius 2 is 1.90 bits per heavy atom. The van der Waals surface area contributed by atoms with E-state index < -0.39 is 0 Å². The molecular formula is C16H17NO3. The fourth-order valence-corrected chi connectivity index (χ4v) is 1.95. The van der Waals surface area contributed by atoms with Crippen molar-refractivity contribution < 1.29 is 14.6 Å². The Kier molecular flexibility index (Phi) is 4.25. The van der Waals surface area contributed by atoms with Crippen molar-refractivity contribution in [3.63, 3.8) is 0 Å². The molecule has 1 amide bonds. The summed E-state index contributed by atoms with van der Waals surface area (Å²) in [4.78, 5) is 13.9. The zero-order chi connectivity index (χ0) is 14.5. The van der Waals surface area contributed by atoms with Crippen molar-refractivity contribution in [2.75, 3.05) is 14.2 Å². The number of carbonyl (C=O) groups excluding carboxylic acids is 1. The predicted octanol–water partition coefficient (Wildman–Crippen LogP) is 2.67. The maximum absolute atomic E-state index is 12.3. The third kappa shape index (κ3) is 3.09. The minimum atomic E-state index is -0.228. The van der Waals surface area contributed by atoms with Gasteiger partial charge in [-0.05, 0) is 17.7 Å². The second-order valence-corrected chi connectivity index (χ2v) is 4.53. The minimum Gasteiger partial charge on any atom is -0.507 e. The molecule has 0 aliphatic carbocycles. The summed E-state index contributed by atoms with van der Waals surface area (Å²) in [5.74, 6) is 0.216. The minimum absolute atomic E-state index is 0.0748. The lowest BCUT2D eigenvalue weighted by atomic mass is 10.1. The van der Waals surface area contributed by atoms with Crippen molar-refractivity contribution in [2.24, 2.45) is 0 Å². The summed E-state index contributed by atoms with van der Waals surface area (Å²) in [6.07, 6.45) is 0. The number of benzene rings is 2. The number of rotatable bonds is 4. The van der Waals surface area contributed by atoms with E-state index in [4.69, 9.17) is 4.74 Å². The van der Waals surface area contributed by atoms with Gasteiger partial charge in [-0.2, -0.15) is 0 Å². The molecule has 0 fully saturated rings. The number of phenolic OH excluding ortho intramolecular Hbond substituents is 1. The van der Waals surface area contributed by atoms with Crippen LogP contribution < -0.4 is 4.74 Å². The average Bonchev–Trinajstić information content (AvgIpc) is 2.47. The molecule has 20 heavy (non-hydrogen) atoms. The standard InChI is InChI=1S/C16H17NO3/c1-17(11-12-6-4-3-5-7-12)16(19)14-9-8-13(20-2)10-15(14)18/h3-10,18H,11H2,1-2H3. The van der Waals surface area contributed by atoms with Gasteiger partial charge >= 0.3 is 0 Å². The molecule has 1 N–H and O–H groups in total. The lowest BCUT2D eigenvalue weighted by Crippen LogP contribution is -2.26. The van der Waals surface area contributed by atoms with Crippen LogP contribution in [0.2, 0.25) is 0 Å². The number of methoxy groups -OCH3 is 1. The van der Waals surface area contributed by atoms with E-state index in [2.05, 4.69) is 0 Å². The molecule has 2 aromatic carbocycles. The van der Waals surface area contributed by atoms with E-state index in [1.165, 1.54) is 13.2 Å². The highest BCUT2D eigenvalue weighted by molar-refractivity contribution is 5.96. The fourth-order valence-electron chi connectivity index (χ4n) is 1.95. The first-order valence-electron chi connectivity index (χ1n) is 6.28. The number of aromatic hydroxyl groups is 1. The van der Waals surface area contributed by atoms with Gasteiger partial charge in [0.2, 0.25) is 0 Å². The van der Waals surface area contributed by atoms with Gasteiger partial charge in [0.25, 0.3) is 5.91 Å². The second-order valence-electron chi connectivity index (χ2n) is 4.53. The van der Waals surface area contributed by atoms with Crippen molar-refractivity contribution >= 4 is 5.91 Å². The molecule has 0 saturated heterocycles. The Bertz CT molecular complexity index is 596. The first-order valence-corrected chi connectivity index (χ1v) is 6.28. The molecule has 0 atom stereocenters. The third-order valence-electron chi connectivity index (χ3n) is 3.04. The van der Waals surface area contributed by atoms with E-state index in [9.17, 15) is 9.90 Å². The summed E-state index contributed by atoms with van der Waals surface area (Å²) < 4.78 is 5.00. The first kappa shape index (κ1) is 13.9. The Labute approximate surface area is 118 Å². The average molecular weight is 271 g/mol. The van der Waals surface area contributed by atoms with Gasteiger partial charge in [0.1, 0.15) is 11.5 Å². The second kappa shape index (κ2) is 6.10. The monoisotopic (exact) mass is 271 g/mol. The highest BCUT2D eigenvalue weighted by Gasteiger charge is 2.16. The lowest BCUT2D eigenvalue weighted by molar-refractivity contribution is 0.0782. The molecule has 0 aliphatic rings. The number of ether oxygens (including phenoxy) is 1. The molecule has 0 heterocycles. The fraction of sp³-hybridized carbons (Fsp3) is 0.188. The van der Waals surface area contributed by atoms with E-state index in [1.54, 1.807) is 24.1 Å². The molecule has 104 valence electrons. The van der Waals surface area contributed by atoms with Crippen molar-refractivity contribution in [1.29, 1.82) is 0 Å². The van der Waals surface area contributed by atoms with Crippen molar-refractivity contribution in [3.8, 4) is 11.5 Å². The highest BCUT2D eigenvalue weighted by Crippen LogP contribution is 2.24. The van der Waals surface area contributed by atoms with Crippen LogP contribution in [0.3, 0.4) is 0 Å². The first-order chi connectivity index (χ1) is 9.61. The maximum Gasteiger partial charge on any atom is 0.257 e.